The average Bonchev–Trinajstić information content (AvgIpc) is 3.25. The van der Waals surface area contributed by atoms with Crippen LogP contribution in [0.15, 0.2) is 21.7 Å². The number of hydrogen-bond acceptors (Lipinski definition) is 5. The van der Waals surface area contributed by atoms with Gasteiger partial charge in [-0.15, -0.1) is 11.3 Å². The summed E-state index contributed by atoms with van der Waals surface area (Å²) >= 11 is 1.21. The minimum absolute atomic E-state index is 0.199. The number of amides is 3. The molecule has 0 aliphatic carbocycles. The minimum atomic E-state index is -3.43. The monoisotopic (exact) mass is 373 g/mol. The number of thiophene rings is 1. The van der Waals surface area contributed by atoms with Crippen molar-refractivity contribution in [1.29, 1.82) is 0 Å². The predicted molar refractivity (Wildman–Crippen MR) is 88.3 cm³/mol. The summed E-state index contributed by atoms with van der Waals surface area (Å²) in [4.78, 5) is 26.3. The van der Waals surface area contributed by atoms with Gasteiger partial charge in [0, 0.05) is 13.1 Å². The maximum Gasteiger partial charge on any atom is 0.324 e. The topological polar surface area (TPSA) is 91.2 Å². The SMILES string of the molecule is C[C@@H](C(=O)N1CCNC1=O)[NH+]1CCN(S(=O)(=O)c2cccs2)CC1. The average molecular weight is 373 g/mol. The molecule has 0 aromatic carbocycles. The number of imide groups is 1. The molecule has 3 amide bonds. The van der Waals surface area contributed by atoms with Gasteiger partial charge in [0.05, 0.1) is 26.2 Å². The lowest BCUT2D eigenvalue weighted by atomic mass is 10.2. The van der Waals surface area contributed by atoms with E-state index in [0.29, 0.717) is 43.5 Å². The number of rotatable bonds is 4. The first-order valence-electron chi connectivity index (χ1n) is 7.88. The predicted octanol–water partition coefficient (Wildman–Crippen LogP) is -1.42. The summed E-state index contributed by atoms with van der Waals surface area (Å²) < 4.78 is 26.8. The second-order valence-corrected chi connectivity index (χ2v) is 9.05. The molecule has 0 spiro atoms. The van der Waals surface area contributed by atoms with Crippen molar-refractivity contribution in [3.05, 3.63) is 17.5 Å². The Bertz CT molecular complexity index is 711. The molecular weight excluding hydrogens is 352 g/mol. The second-order valence-electron chi connectivity index (χ2n) is 5.94. The first kappa shape index (κ1) is 17.3. The highest BCUT2D eigenvalue weighted by Gasteiger charge is 2.38. The second kappa shape index (κ2) is 6.79. The Hall–Kier alpha value is -1.49. The van der Waals surface area contributed by atoms with E-state index in [-0.39, 0.29) is 18.0 Å². The van der Waals surface area contributed by atoms with E-state index in [1.165, 1.54) is 20.5 Å². The van der Waals surface area contributed by atoms with Gasteiger partial charge >= 0.3 is 6.03 Å². The molecule has 8 nitrogen and oxygen atoms in total. The van der Waals surface area contributed by atoms with Crippen molar-refractivity contribution in [2.45, 2.75) is 17.2 Å². The van der Waals surface area contributed by atoms with Crippen LogP contribution in [0.2, 0.25) is 0 Å². The van der Waals surface area contributed by atoms with Crippen LogP contribution in [0.4, 0.5) is 4.79 Å². The summed E-state index contributed by atoms with van der Waals surface area (Å²) in [6, 6.07) is 2.63. The summed E-state index contributed by atoms with van der Waals surface area (Å²) in [6.07, 6.45) is 0. The fourth-order valence-electron chi connectivity index (χ4n) is 3.07. The van der Waals surface area contributed by atoms with Crippen LogP contribution in [-0.4, -0.2) is 74.9 Å². The van der Waals surface area contributed by atoms with Crippen LogP contribution in [0.25, 0.3) is 0 Å². The molecule has 132 valence electrons. The van der Waals surface area contributed by atoms with Gasteiger partial charge in [-0.1, -0.05) is 6.07 Å². The summed E-state index contributed by atoms with van der Waals surface area (Å²) in [7, 11) is -3.43. The van der Waals surface area contributed by atoms with Gasteiger partial charge in [0.25, 0.3) is 15.9 Å². The maximum absolute atomic E-state index is 12.5. The number of hydrogen-bond donors (Lipinski definition) is 2. The molecule has 10 heteroatoms. The molecule has 0 bridgehead atoms. The van der Waals surface area contributed by atoms with E-state index in [1.54, 1.807) is 24.4 Å². The molecule has 2 aliphatic rings. The van der Waals surface area contributed by atoms with Gasteiger partial charge in [-0.05, 0) is 18.4 Å². The third-order valence-corrected chi connectivity index (χ3v) is 7.83. The molecule has 1 atom stereocenters. The largest absolute Gasteiger partial charge is 0.336 e. The van der Waals surface area contributed by atoms with E-state index in [9.17, 15) is 18.0 Å². The number of carbonyl (C=O) groups excluding carboxylic acids is 2. The van der Waals surface area contributed by atoms with Crippen LogP contribution in [0, 0.1) is 0 Å². The summed E-state index contributed by atoms with van der Waals surface area (Å²) in [5, 5.41) is 4.37. The van der Waals surface area contributed by atoms with Crippen LogP contribution < -0.4 is 10.2 Å². The number of piperazine rings is 1. The van der Waals surface area contributed by atoms with Crippen LogP contribution in [0.1, 0.15) is 6.92 Å². The molecule has 0 radical (unpaired) electrons. The Morgan fingerprint density at radius 3 is 2.58 bits per heavy atom. The van der Waals surface area contributed by atoms with E-state index in [4.69, 9.17) is 0 Å². The van der Waals surface area contributed by atoms with Crippen LogP contribution in [-0.2, 0) is 14.8 Å². The Kier molecular flexibility index (Phi) is 4.90. The van der Waals surface area contributed by atoms with Crippen LogP contribution in [0.3, 0.4) is 0 Å². The quantitative estimate of drug-likeness (QED) is 0.678. The zero-order chi connectivity index (χ0) is 17.3. The Morgan fingerprint density at radius 1 is 1.33 bits per heavy atom. The molecule has 3 rings (SSSR count). The molecule has 2 saturated heterocycles. The normalized spacial score (nSPS) is 21.7. The van der Waals surface area contributed by atoms with Crippen molar-refractivity contribution in [2.24, 2.45) is 0 Å². The van der Waals surface area contributed by atoms with Gasteiger partial charge in [0.1, 0.15) is 4.21 Å². The molecule has 2 fully saturated rings. The number of nitrogens with one attached hydrogen (secondary N) is 2. The summed E-state index contributed by atoms with van der Waals surface area (Å²) in [6.45, 7) is 4.53. The number of urea groups is 1. The molecule has 2 N–H and O–H groups in total. The Morgan fingerprint density at radius 2 is 2.04 bits per heavy atom. The highest BCUT2D eigenvalue weighted by Crippen LogP contribution is 2.20. The van der Waals surface area contributed by atoms with E-state index in [2.05, 4.69) is 5.32 Å². The lowest BCUT2D eigenvalue weighted by molar-refractivity contribution is -0.917. The molecular formula is C14H21N4O4S2+. The van der Waals surface area contributed by atoms with Crippen molar-refractivity contribution in [1.82, 2.24) is 14.5 Å². The Labute approximate surface area is 145 Å². The molecule has 0 saturated carbocycles. The fraction of sp³-hybridized carbons (Fsp3) is 0.571. The summed E-state index contributed by atoms with van der Waals surface area (Å²) in [5.41, 5.74) is 0. The third-order valence-electron chi connectivity index (χ3n) is 4.56. The van der Waals surface area contributed by atoms with Gasteiger partial charge in [-0.25, -0.2) is 13.2 Å². The van der Waals surface area contributed by atoms with E-state index in [0.717, 1.165) is 4.90 Å². The lowest BCUT2D eigenvalue weighted by Crippen LogP contribution is -3.19. The highest BCUT2D eigenvalue weighted by atomic mass is 32.2. The third kappa shape index (κ3) is 3.18. The molecule has 0 unspecified atom stereocenters. The van der Waals surface area contributed by atoms with E-state index in [1.807, 2.05) is 0 Å². The van der Waals surface area contributed by atoms with Gasteiger partial charge in [0.2, 0.25) is 0 Å². The maximum atomic E-state index is 12.5. The fourth-order valence-corrected chi connectivity index (χ4v) is 5.66. The molecule has 2 aliphatic heterocycles. The number of sulfonamides is 1. The Balaban J connectivity index is 1.61. The van der Waals surface area contributed by atoms with Gasteiger partial charge in [0.15, 0.2) is 6.04 Å². The van der Waals surface area contributed by atoms with Gasteiger partial charge in [-0.2, -0.15) is 4.31 Å². The zero-order valence-electron chi connectivity index (χ0n) is 13.4. The first-order valence-corrected chi connectivity index (χ1v) is 10.2. The standard InChI is InChI=1S/C14H20N4O4S2/c1-11(13(19)18-5-4-15-14(18)20)16-6-8-17(9-7-16)24(21,22)12-3-2-10-23-12/h2-3,10-11H,4-9H2,1H3,(H,15,20)/p+1/t11-/m0/s1. The van der Waals surface area contributed by atoms with Crippen LogP contribution in [0.5, 0.6) is 0 Å². The molecule has 3 heterocycles. The van der Waals surface area contributed by atoms with E-state index < -0.39 is 10.0 Å². The first-order chi connectivity index (χ1) is 11.4. The summed E-state index contributed by atoms with van der Waals surface area (Å²) in [5.74, 6) is -0.199. The van der Waals surface area contributed by atoms with Gasteiger partial charge < -0.3 is 10.2 Å². The van der Waals surface area contributed by atoms with Crippen LogP contribution >= 0.6 is 11.3 Å². The van der Waals surface area contributed by atoms with Crippen molar-refractivity contribution in [3.8, 4) is 0 Å². The van der Waals surface area contributed by atoms with Crippen molar-refractivity contribution >= 4 is 33.3 Å². The van der Waals surface area contributed by atoms with Crippen molar-refractivity contribution in [3.63, 3.8) is 0 Å². The molecule has 1 aromatic rings. The van der Waals surface area contributed by atoms with Crippen molar-refractivity contribution in [2.75, 3.05) is 39.3 Å². The van der Waals surface area contributed by atoms with Crippen molar-refractivity contribution < 1.29 is 22.9 Å². The molecule has 24 heavy (non-hydrogen) atoms. The zero-order valence-corrected chi connectivity index (χ0v) is 15.0. The number of carbonyl (C=O) groups is 2. The minimum Gasteiger partial charge on any atom is -0.336 e. The number of nitrogens with zero attached hydrogens (tertiary/aromatic N) is 2. The van der Waals surface area contributed by atoms with Gasteiger partial charge in [-0.3, -0.25) is 9.69 Å². The number of quaternary nitrogens is 1. The highest BCUT2D eigenvalue weighted by molar-refractivity contribution is 7.91. The van der Waals surface area contributed by atoms with E-state index >= 15 is 0 Å². The lowest BCUT2D eigenvalue weighted by Gasteiger charge is -2.34. The molecule has 1 aromatic heterocycles. The smallest absolute Gasteiger partial charge is 0.324 e.